The van der Waals surface area contributed by atoms with Crippen molar-refractivity contribution in [2.24, 2.45) is 0 Å². The van der Waals surface area contributed by atoms with Gasteiger partial charge in [-0.2, -0.15) is 0 Å². The summed E-state index contributed by atoms with van der Waals surface area (Å²) in [4.78, 5) is 22.9. The van der Waals surface area contributed by atoms with Gasteiger partial charge in [0.15, 0.2) is 0 Å². The van der Waals surface area contributed by atoms with Crippen molar-refractivity contribution in [1.82, 2.24) is 0 Å². The van der Waals surface area contributed by atoms with Crippen LogP contribution >= 0.6 is 34.3 Å². The molecule has 242 valence electrons. The largest absolute Gasteiger partial charge is 0.786 e. The van der Waals surface area contributed by atoms with E-state index in [1.54, 1.807) is 0 Å². The normalized spacial score (nSPS) is 10.8. The van der Waals surface area contributed by atoms with Gasteiger partial charge in [0.25, 0.3) is 0 Å². The third-order valence-corrected chi connectivity index (χ3v) is 6.93. The van der Waals surface area contributed by atoms with E-state index in [9.17, 15) is 0 Å². The molecule has 0 spiro atoms. The summed E-state index contributed by atoms with van der Waals surface area (Å²) in [6, 6.07) is 0. The molecule has 0 aromatic carbocycles. The molecule has 0 aliphatic carbocycles. The minimum absolute atomic E-state index is 0.389. The molecule has 2 N–H and O–H groups in total. The summed E-state index contributed by atoms with van der Waals surface area (Å²) in [6.45, 7) is 13.8. The molecule has 2 unspecified atom stereocenters. The number of hydrogen-bond donors (Lipinski definition) is 2. The summed E-state index contributed by atoms with van der Waals surface area (Å²) in [5, 5.41) is 0. The Bertz CT molecular complexity index is 322. The zero-order valence-electron chi connectivity index (χ0n) is 27.7. The maximum Gasteiger partial charge on any atom is 0.0755 e. The van der Waals surface area contributed by atoms with E-state index in [1.807, 2.05) is 0 Å². The van der Waals surface area contributed by atoms with Gasteiger partial charge in [-0.1, -0.05) is 155 Å². The standard InChI is InChI=1S/2C14H31P.C4H12P.H2O3P/c2*1-2-3-4-5-6-7-8-9-10-11-12-13-14-15;1-5(2,3)4;1-4(2)3/h2*2-15H2,1H3;1-4H3;1-2H/q;;+1;-1. The van der Waals surface area contributed by atoms with Gasteiger partial charge in [0.2, 0.25) is 0 Å². The molecule has 0 aromatic heterocycles. The van der Waals surface area contributed by atoms with Crippen LogP contribution in [0.15, 0.2) is 0 Å². The molecular formula is C32H76O3P4. The van der Waals surface area contributed by atoms with Crippen LogP contribution in [0.2, 0.25) is 0 Å². The molecular weight excluding hydrogens is 556 g/mol. The molecule has 7 heteroatoms. The van der Waals surface area contributed by atoms with E-state index in [1.165, 1.54) is 166 Å². The highest BCUT2D eigenvalue weighted by molar-refractivity contribution is 7.73. The molecule has 0 aliphatic heterocycles. The fraction of sp³-hybridized carbons (Fsp3) is 1.00. The molecule has 0 saturated carbocycles. The maximum absolute atomic E-state index is 8.70. The fourth-order valence-corrected chi connectivity index (χ4v) is 4.55. The Hall–Kier alpha value is 1.60. The van der Waals surface area contributed by atoms with Gasteiger partial charge >= 0.3 is 0 Å². The van der Waals surface area contributed by atoms with Crippen molar-refractivity contribution in [3.05, 3.63) is 0 Å². The van der Waals surface area contributed by atoms with Crippen LogP contribution in [0.25, 0.3) is 0 Å². The van der Waals surface area contributed by atoms with Crippen molar-refractivity contribution in [3.8, 4) is 0 Å². The summed E-state index contributed by atoms with van der Waals surface area (Å²) in [7, 11) is 2.37. The maximum atomic E-state index is 8.70. The van der Waals surface area contributed by atoms with Crippen molar-refractivity contribution < 1.29 is 14.7 Å². The van der Waals surface area contributed by atoms with Gasteiger partial charge in [-0.3, -0.25) is 0 Å². The zero-order valence-corrected chi connectivity index (χ0v) is 31.8. The molecule has 0 radical (unpaired) electrons. The molecule has 0 aromatic rings. The van der Waals surface area contributed by atoms with Crippen molar-refractivity contribution in [3.63, 3.8) is 0 Å². The summed E-state index contributed by atoms with van der Waals surface area (Å²) in [5.74, 6) is 0. The smallest absolute Gasteiger partial charge is 0.0755 e. The van der Waals surface area contributed by atoms with Crippen molar-refractivity contribution >= 4 is 34.3 Å². The van der Waals surface area contributed by atoms with Crippen molar-refractivity contribution in [1.29, 1.82) is 0 Å². The second kappa shape index (κ2) is 44.0. The minimum Gasteiger partial charge on any atom is -0.786 e. The van der Waals surface area contributed by atoms with E-state index in [0.717, 1.165) is 0 Å². The predicted molar refractivity (Wildman–Crippen MR) is 193 cm³/mol. The lowest BCUT2D eigenvalue weighted by molar-refractivity contribution is -0.193. The van der Waals surface area contributed by atoms with Gasteiger partial charge in [0, 0.05) is 33.9 Å². The van der Waals surface area contributed by atoms with Gasteiger partial charge in [-0.15, -0.1) is 18.5 Å². The monoisotopic (exact) mass is 632 g/mol. The summed E-state index contributed by atoms with van der Waals surface area (Å²) < 4.78 is 0. The Kier molecular flexibility index (Phi) is 53.7. The first-order valence-electron chi connectivity index (χ1n) is 16.6. The van der Waals surface area contributed by atoms with Crippen LogP contribution in [0.1, 0.15) is 168 Å². The summed E-state index contributed by atoms with van der Waals surface area (Å²) >= 11 is 0. The molecule has 0 bridgehead atoms. The lowest BCUT2D eigenvalue weighted by Gasteiger charge is -2.01. The lowest BCUT2D eigenvalue weighted by Crippen LogP contribution is -1.87. The highest BCUT2D eigenvalue weighted by Crippen LogP contribution is 2.40. The SMILES string of the molecule is CCCCCCCCCCCCCCP.CCCCCCCCCCCCCCP.C[P+](C)(C)C.[O-]P(O)O. The van der Waals surface area contributed by atoms with Crippen LogP contribution < -0.4 is 4.89 Å². The Morgan fingerprint density at radius 3 is 0.692 bits per heavy atom. The molecule has 0 saturated heterocycles. The molecule has 0 aliphatic rings. The van der Waals surface area contributed by atoms with Gasteiger partial charge in [0.1, 0.15) is 0 Å². The van der Waals surface area contributed by atoms with Crippen LogP contribution in [0, 0.1) is 0 Å². The molecule has 39 heavy (non-hydrogen) atoms. The summed E-state index contributed by atoms with van der Waals surface area (Å²) in [6.07, 6.45) is 37.5. The second-order valence-corrected chi connectivity index (χ2v) is 19.3. The third-order valence-electron chi connectivity index (χ3n) is 6.12. The quantitative estimate of drug-likeness (QED) is 0.0822. The third kappa shape index (κ3) is 85.4. The number of rotatable bonds is 24. The predicted octanol–water partition coefficient (Wildman–Crippen LogP) is 11.2. The van der Waals surface area contributed by atoms with Crippen LogP contribution in [-0.2, 0) is 0 Å². The molecule has 0 heterocycles. The Morgan fingerprint density at radius 1 is 0.436 bits per heavy atom. The Balaban J connectivity index is -0.000000240. The topological polar surface area (TPSA) is 63.5 Å². The fourth-order valence-electron chi connectivity index (χ4n) is 3.97. The van der Waals surface area contributed by atoms with Crippen molar-refractivity contribution in [2.45, 2.75) is 168 Å². The average Bonchev–Trinajstić information content (AvgIpc) is 2.85. The zero-order chi connectivity index (χ0) is 30.5. The number of hydrogen-bond acceptors (Lipinski definition) is 3. The highest BCUT2D eigenvalue weighted by Gasteiger charge is 2.03. The second-order valence-electron chi connectivity index (χ2n) is 12.3. The minimum atomic E-state index is -2.87. The highest BCUT2D eigenvalue weighted by atomic mass is 31.2. The van der Waals surface area contributed by atoms with E-state index in [-0.39, 0.29) is 7.26 Å². The van der Waals surface area contributed by atoms with Gasteiger partial charge < -0.3 is 14.7 Å². The number of unbranched alkanes of at least 4 members (excludes halogenated alkanes) is 22. The van der Waals surface area contributed by atoms with Gasteiger partial charge in [-0.25, -0.2) is 0 Å². The van der Waals surface area contributed by atoms with Crippen LogP contribution in [0.3, 0.4) is 0 Å². The first-order valence-corrected chi connectivity index (χ1v) is 23.0. The molecule has 0 rings (SSSR count). The Morgan fingerprint density at radius 2 is 0.564 bits per heavy atom. The first-order chi connectivity index (χ1) is 18.6. The van der Waals surface area contributed by atoms with E-state index < -0.39 is 8.60 Å². The lowest BCUT2D eigenvalue weighted by atomic mass is 10.1. The molecule has 3 nitrogen and oxygen atoms in total. The molecule has 0 amide bonds. The van der Waals surface area contributed by atoms with E-state index >= 15 is 0 Å². The van der Waals surface area contributed by atoms with E-state index in [0.29, 0.717) is 0 Å². The van der Waals surface area contributed by atoms with Gasteiger partial charge in [-0.05, 0) is 25.2 Å². The molecule has 0 fully saturated rings. The Labute approximate surface area is 255 Å². The summed E-state index contributed by atoms with van der Waals surface area (Å²) in [5.41, 5.74) is 0. The first kappa shape index (κ1) is 47.5. The van der Waals surface area contributed by atoms with Crippen LogP contribution in [0.4, 0.5) is 0 Å². The van der Waals surface area contributed by atoms with Crippen LogP contribution in [0.5, 0.6) is 0 Å². The van der Waals surface area contributed by atoms with E-state index in [2.05, 4.69) is 59.0 Å². The van der Waals surface area contributed by atoms with Gasteiger partial charge in [0.05, 0.1) is 8.60 Å². The molecule has 2 atom stereocenters. The van der Waals surface area contributed by atoms with Crippen LogP contribution in [-0.4, -0.2) is 48.8 Å². The van der Waals surface area contributed by atoms with Crippen molar-refractivity contribution in [2.75, 3.05) is 39.0 Å². The average molecular weight is 633 g/mol. The van der Waals surface area contributed by atoms with E-state index in [4.69, 9.17) is 14.7 Å².